The van der Waals surface area contributed by atoms with Gasteiger partial charge in [0.15, 0.2) is 5.82 Å². The zero-order chi connectivity index (χ0) is 15.8. The number of hydrogen-bond acceptors (Lipinski definition) is 5. The summed E-state index contributed by atoms with van der Waals surface area (Å²) in [5.74, 6) is 0.842. The van der Waals surface area contributed by atoms with Crippen molar-refractivity contribution in [1.29, 1.82) is 5.26 Å². The minimum Gasteiger partial charge on any atom is -0.465 e. The first-order chi connectivity index (χ1) is 11.3. The quantitative estimate of drug-likeness (QED) is 0.731. The van der Waals surface area contributed by atoms with Crippen LogP contribution in [-0.2, 0) is 12.8 Å². The van der Waals surface area contributed by atoms with Gasteiger partial charge in [-0.3, -0.25) is 4.79 Å². The van der Waals surface area contributed by atoms with Crippen molar-refractivity contribution in [1.82, 2.24) is 9.97 Å². The molecule has 1 aliphatic carbocycles. The molecule has 4 rings (SSSR count). The zero-order valence-corrected chi connectivity index (χ0v) is 13.1. The molecule has 0 amide bonds. The van der Waals surface area contributed by atoms with Gasteiger partial charge in [0, 0.05) is 11.0 Å². The molecule has 0 saturated heterocycles. The number of furan rings is 1. The number of aromatic nitrogens is 2. The third-order valence-corrected chi connectivity index (χ3v) is 5.22. The van der Waals surface area contributed by atoms with Gasteiger partial charge in [-0.25, -0.2) is 4.98 Å². The lowest BCUT2D eigenvalue weighted by molar-refractivity contribution is 0.557. The second-order valence-corrected chi connectivity index (χ2v) is 6.57. The number of H-pyrrole nitrogens is 1. The average molecular weight is 323 g/mol. The Hall–Kier alpha value is -2.65. The summed E-state index contributed by atoms with van der Waals surface area (Å²) in [6.45, 7) is 0. The van der Waals surface area contributed by atoms with Crippen molar-refractivity contribution in [3.63, 3.8) is 0 Å². The maximum absolute atomic E-state index is 12.5. The highest BCUT2D eigenvalue weighted by molar-refractivity contribution is 7.18. The number of aryl methyl sites for hydroxylation is 2. The Labute approximate surface area is 135 Å². The molecule has 114 valence electrons. The van der Waals surface area contributed by atoms with Gasteiger partial charge in [-0.05, 0) is 43.4 Å². The molecule has 0 fully saturated rings. The fourth-order valence-electron chi connectivity index (χ4n) is 2.96. The van der Waals surface area contributed by atoms with Gasteiger partial charge in [0.05, 0.1) is 17.2 Å². The third kappa shape index (κ3) is 2.39. The lowest BCUT2D eigenvalue weighted by Gasteiger charge is -2.09. The standard InChI is InChI=1S/C17H13N3O2S/c18-9-10(8-11-4-3-7-22-11)15-19-16(21)14-12-5-1-2-6-13(12)23-17(14)20-15/h3-4,7-8H,1-2,5-6H2,(H,19,20,21). The lowest BCUT2D eigenvalue weighted by atomic mass is 9.97. The molecule has 6 heteroatoms. The van der Waals surface area contributed by atoms with E-state index in [1.165, 1.54) is 11.1 Å². The van der Waals surface area contributed by atoms with Crippen LogP contribution in [-0.4, -0.2) is 9.97 Å². The molecule has 3 aromatic rings. The number of allylic oxidation sites excluding steroid dienone is 1. The maximum Gasteiger partial charge on any atom is 0.260 e. The first kappa shape index (κ1) is 14.0. The van der Waals surface area contributed by atoms with Crippen LogP contribution in [0.4, 0.5) is 0 Å². The molecule has 0 atom stereocenters. The van der Waals surface area contributed by atoms with E-state index in [1.807, 2.05) is 0 Å². The largest absolute Gasteiger partial charge is 0.465 e. The van der Waals surface area contributed by atoms with E-state index in [4.69, 9.17) is 4.42 Å². The molecule has 0 aromatic carbocycles. The SMILES string of the molecule is N#CC(=Cc1ccco1)c1nc2sc3c(c2c(=O)[nH]1)CCCC3. The summed E-state index contributed by atoms with van der Waals surface area (Å²) in [5.41, 5.74) is 1.26. The topological polar surface area (TPSA) is 82.7 Å². The third-order valence-electron chi connectivity index (χ3n) is 4.03. The Morgan fingerprint density at radius 1 is 1.43 bits per heavy atom. The Bertz CT molecular complexity index is 1000. The fraction of sp³-hybridized carbons (Fsp3) is 0.235. The molecule has 3 aromatic heterocycles. The molecule has 1 aliphatic rings. The van der Waals surface area contributed by atoms with Gasteiger partial charge in [-0.15, -0.1) is 11.3 Å². The Morgan fingerprint density at radius 2 is 2.30 bits per heavy atom. The molecule has 0 unspecified atom stereocenters. The monoisotopic (exact) mass is 323 g/mol. The number of thiophene rings is 1. The van der Waals surface area contributed by atoms with Crippen LogP contribution in [0.15, 0.2) is 27.6 Å². The highest BCUT2D eigenvalue weighted by Crippen LogP contribution is 2.33. The van der Waals surface area contributed by atoms with Crippen LogP contribution in [0.5, 0.6) is 0 Å². The number of nitrogens with one attached hydrogen (secondary N) is 1. The summed E-state index contributed by atoms with van der Waals surface area (Å²) < 4.78 is 5.23. The molecule has 0 saturated carbocycles. The molecule has 1 N–H and O–H groups in total. The van der Waals surface area contributed by atoms with E-state index < -0.39 is 0 Å². The predicted molar refractivity (Wildman–Crippen MR) is 89.1 cm³/mol. The summed E-state index contributed by atoms with van der Waals surface area (Å²) >= 11 is 1.57. The van der Waals surface area contributed by atoms with Gasteiger partial charge >= 0.3 is 0 Å². The number of fused-ring (bicyclic) bond motifs is 3. The number of aromatic amines is 1. The van der Waals surface area contributed by atoms with Crippen molar-refractivity contribution >= 4 is 33.2 Å². The maximum atomic E-state index is 12.5. The Morgan fingerprint density at radius 3 is 3.09 bits per heavy atom. The van der Waals surface area contributed by atoms with Crippen molar-refractivity contribution in [3.05, 3.63) is 50.8 Å². The van der Waals surface area contributed by atoms with E-state index in [2.05, 4.69) is 16.0 Å². The minimum atomic E-state index is -0.162. The van der Waals surface area contributed by atoms with Crippen LogP contribution in [0.25, 0.3) is 21.9 Å². The summed E-state index contributed by atoms with van der Waals surface area (Å²) in [4.78, 5) is 21.8. The molecule has 0 bridgehead atoms. The lowest BCUT2D eigenvalue weighted by Crippen LogP contribution is -2.12. The van der Waals surface area contributed by atoms with Gasteiger partial charge in [-0.2, -0.15) is 5.26 Å². The van der Waals surface area contributed by atoms with Gasteiger partial charge in [0.2, 0.25) is 0 Å². The van der Waals surface area contributed by atoms with Crippen molar-refractivity contribution in [2.24, 2.45) is 0 Å². The highest BCUT2D eigenvalue weighted by Gasteiger charge is 2.20. The summed E-state index contributed by atoms with van der Waals surface area (Å²) in [6, 6.07) is 5.57. The second-order valence-electron chi connectivity index (χ2n) is 5.49. The van der Waals surface area contributed by atoms with Crippen LogP contribution in [0, 0.1) is 11.3 Å². The summed E-state index contributed by atoms with van der Waals surface area (Å²) in [5, 5.41) is 10.1. The smallest absolute Gasteiger partial charge is 0.260 e. The fourth-order valence-corrected chi connectivity index (χ4v) is 4.22. The molecule has 0 spiro atoms. The molecular formula is C17H13N3O2S. The van der Waals surface area contributed by atoms with Crippen LogP contribution < -0.4 is 5.56 Å². The molecule has 0 radical (unpaired) electrons. The summed E-state index contributed by atoms with van der Waals surface area (Å²) in [7, 11) is 0. The Balaban J connectivity index is 1.89. The predicted octanol–water partition coefficient (Wildman–Crippen LogP) is 3.52. The van der Waals surface area contributed by atoms with Crippen molar-refractivity contribution in [2.45, 2.75) is 25.7 Å². The molecule has 3 heterocycles. The highest BCUT2D eigenvalue weighted by atomic mass is 32.1. The van der Waals surface area contributed by atoms with E-state index in [-0.39, 0.29) is 11.1 Å². The van der Waals surface area contributed by atoms with Gasteiger partial charge in [-0.1, -0.05) is 0 Å². The number of hydrogen-bond donors (Lipinski definition) is 1. The van der Waals surface area contributed by atoms with Crippen LogP contribution in [0.3, 0.4) is 0 Å². The van der Waals surface area contributed by atoms with E-state index in [9.17, 15) is 10.1 Å². The molecular weight excluding hydrogens is 310 g/mol. The summed E-state index contributed by atoms with van der Waals surface area (Å²) in [6.07, 6.45) is 7.34. The Kier molecular flexibility index (Phi) is 3.36. The second kappa shape index (κ2) is 5.52. The minimum absolute atomic E-state index is 0.162. The van der Waals surface area contributed by atoms with Crippen LogP contribution in [0.1, 0.15) is 34.9 Å². The van der Waals surface area contributed by atoms with Crippen LogP contribution in [0.2, 0.25) is 0 Å². The van der Waals surface area contributed by atoms with Gasteiger partial charge in [0.25, 0.3) is 5.56 Å². The normalized spacial score (nSPS) is 14.7. The molecule has 23 heavy (non-hydrogen) atoms. The van der Waals surface area contributed by atoms with E-state index in [0.29, 0.717) is 17.0 Å². The van der Waals surface area contributed by atoms with Crippen molar-refractivity contribution in [2.75, 3.05) is 0 Å². The average Bonchev–Trinajstić information content (AvgIpc) is 3.19. The van der Waals surface area contributed by atoms with Crippen LogP contribution >= 0.6 is 11.3 Å². The number of nitriles is 1. The molecule has 0 aliphatic heterocycles. The van der Waals surface area contributed by atoms with Crippen molar-refractivity contribution in [3.8, 4) is 6.07 Å². The number of rotatable bonds is 2. The molecule has 5 nitrogen and oxygen atoms in total. The van der Waals surface area contributed by atoms with E-state index >= 15 is 0 Å². The number of nitrogens with zero attached hydrogens (tertiary/aromatic N) is 2. The first-order valence-corrected chi connectivity index (χ1v) is 8.28. The van der Waals surface area contributed by atoms with Gasteiger partial charge in [0.1, 0.15) is 16.7 Å². The zero-order valence-electron chi connectivity index (χ0n) is 12.3. The first-order valence-electron chi connectivity index (χ1n) is 7.46. The van der Waals surface area contributed by atoms with Crippen molar-refractivity contribution < 1.29 is 4.42 Å². The van der Waals surface area contributed by atoms with Gasteiger partial charge < -0.3 is 9.40 Å². The van der Waals surface area contributed by atoms with E-state index in [1.54, 1.807) is 29.5 Å². The van der Waals surface area contributed by atoms with E-state index in [0.717, 1.165) is 36.1 Å².